The van der Waals surface area contributed by atoms with Crippen LogP contribution in [0.3, 0.4) is 0 Å². The Hall–Kier alpha value is -4.55. The first-order valence-electron chi connectivity index (χ1n) is 10.9. The molecule has 0 aliphatic heterocycles. The van der Waals surface area contributed by atoms with Crippen LogP contribution in [0, 0.1) is 18.8 Å². The van der Waals surface area contributed by atoms with Gasteiger partial charge in [-0.05, 0) is 63.2 Å². The van der Waals surface area contributed by atoms with E-state index in [0.29, 0.717) is 22.8 Å². The second-order valence-corrected chi connectivity index (χ2v) is 7.58. The largest absolute Gasteiger partial charge is 0.384 e. The van der Waals surface area contributed by atoms with Gasteiger partial charge in [-0.3, -0.25) is 9.20 Å². The number of aryl methyl sites for hydroxylation is 1. The summed E-state index contributed by atoms with van der Waals surface area (Å²) in [4.78, 5) is 34.5. The normalized spacial score (nSPS) is 11.0. The number of hydrogen-bond donors (Lipinski definition) is 3. The first-order chi connectivity index (χ1) is 16.9. The van der Waals surface area contributed by atoms with Crippen LogP contribution in [0.4, 0.5) is 5.82 Å². The molecule has 9 nitrogen and oxygen atoms in total. The summed E-state index contributed by atoms with van der Waals surface area (Å²) in [6, 6.07) is 12.9. The molecule has 0 saturated carbocycles. The summed E-state index contributed by atoms with van der Waals surface area (Å²) in [6.07, 6.45) is 4.38. The summed E-state index contributed by atoms with van der Waals surface area (Å²) in [7, 11) is 3.31. The molecule has 1 unspecified atom stereocenters. The molecule has 0 aliphatic rings. The fourth-order valence-corrected chi connectivity index (χ4v) is 3.13. The molecule has 4 N–H and O–H groups in total. The summed E-state index contributed by atoms with van der Waals surface area (Å²) in [5.74, 6) is 6.28. The average molecular weight is 470 g/mol. The maximum absolute atomic E-state index is 11.6. The molecule has 4 aromatic rings. The summed E-state index contributed by atoms with van der Waals surface area (Å²) >= 11 is 0. The maximum atomic E-state index is 11.6. The summed E-state index contributed by atoms with van der Waals surface area (Å²) in [5, 5.41) is 5.28. The predicted octanol–water partition coefficient (Wildman–Crippen LogP) is 2.23. The van der Waals surface area contributed by atoms with Gasteiger partial charge in [0.05, 0.1) is 17.4 Å². The molecule has 4 heterocycles. The molecule has 0 fully saturated rings. The van der Waals surface area contributed by atoms with Gasteiger partial charge >= 0.3 is 0 Å². The van der Waals surface area contributed by atoms with E-state index in [-0.39, 0.29) is 11.9 Å². The van der Waals surface area contributed by atoms with Crippen LogP contribution in [0.1, 0.15) is 34.4 Å². The van der Waals surface area contributed by atoms with Crippen molar-refractivity contribution in [2.45, 2.75) is 19.9 Å². The molecule has 0 aromatic carbocycles. The van der Waals surface area contributed by atoms with E-state index in [9.17, 15) is 9.59 Å². The lowest BCUT2D eigenvalue weighted by Crippen LogP contribution is -2.21. The first kappa shape index (κ1) is 25.1. The van der Waals surface area contributed by atoms with E-state index in [0.717, 1.165) is 28.9 Å². The number of pyridine rings is 3. The number of likely N-dealkylation sites (N-methyl/N-ethyl adjacent to an activating group) is 1. The number of imidazole rings is 1. The molecule has 0 bridgehead atoms. The van der Waals surface area contributed by atoms with Crippen LogP contribution < -0.4 is 16.4 Å². The molecule has 9 heteroatoms. The standard InChI is InChI=1S/C22H18N6O.C4H9NO/c1-14-21(28-12-4-3-5-20(28)26-14)16-8-11-19(23)27-17(16)9-6-15-7-10-18(25-13-15)22(29)24-2;1-4(3-6)5-2/h3-5,7-8,10-13H,1-2H3,(H2,23,27)(H,24,29);3-5H,1-2H3. The molecular formula is C26H27N7O2. The van der Waals surface area contributed by atoms with Crippen molar-refractivity contribution in [2.24, 2.45) is 0 Å². The lowest BCUT2D eigenvalue weighted by atomic mass is 10.1. The van der Waals surface area contributed by atoms with Gasteiger partial charge in [0.15, 0.2) is 0 Å². The van der Waals surface area contributed by atoms with Gasteiger partial charge in [0.1, 0.15) is 29.1 Å². The van der Waals surface area contributed by atoms with E-state index < -0.39 is 0 Å². The highest BCUT2D eigenvalue weighted by Crippen LogP contribution is 2.27. The monoisotopic (exact) mass is 469 g/mol. The highest BCUT2D eigenvalue weighted by Gasteiger charge is 2.14. The van der Waals surface area contributed by atoms with Crippen LogP contribution in [0.2, 0.25) is 0 Å². The van der Waals surface area contributed by atoms with Crippen LogP contribution in [-0.2, 0) is 4.79 Å². The quantitative estimate of drug-likeness (QED) is 0.309. The number of nitrogens with two attached hydrogens (primary N) is 1. The van der Waals surface area contributed by atoms with E-state index in [2.05, 4.69) is 37.4 Å². The Balaban J connectivity index is 0.000000509. The number of hydrogen-bond acceptors (Lipinski definition) is 7. The molecule has 4 rings (SSSR count). The van der Waals surface area contributed by atoms with E-state index in [1.165, 1.54) is 0 Å². The van der Waals surface area contributed by atoms with Gasteiger partial charge in [-0.1, -0.05) is 12.0 Å². The van der Waals surface area contributed by atoms with Crippen molar-refractivity contribution in [2.75, 3.05) is 19.8 Å². The number of aromatic nitrogens is 4. The zero-order valence-electron chi connectivity index (χ0n) is 20.0. The summed E-state index contributed by atoms with van der Waals surface area (Å²) in [6.45, 7) is 3.75. The van der Waals surface area contributed by atoms with Gasteiger partial charge in [0.2, 0.25) is 0 Å². The minimum atomic E-state index is -0.243. The van der Waals surface area contributed by atoms with Crippen molar-refractivity contribution in [1.29, 1.82) is 0 Å². The van der Waals surface area contributed by atoms with Crippen LogP contribution >= 0.6 is 0 Å². The van der Waals surface area contributed by atoms with Gasteiger partial charge < -0.3 is 21.2 Å². The molecule has 4 aromatic heterocycles. The number of carbonyl (C=O) groups is 2. The Morgan fingerprint density at radius 2 is 1.91 bits per heavy atom. The Morgan fingerprint density at radius 3 is 2.54 bits per heavy atom. The number of anilines is 1. The fourth-order valence-electron chi connectivity index (χ4n) is 3.13. The summed E-state index contributed by atoms with van der Waals surface area (Å²) in [5.41, 5.74) is 11.0. The minimum Gasteiger partial charge on any atom is -0.384 e. The number of nitrogens with zero attached hydrogens (tertiary/aromatic N) is 4. The topological polar surface area (TPSA) is 127 Å². The van der Waals surface area contributed by atoms with Crippen LogP contribution in [-0.4, -0.2) is 51.7 Å². The zero-order chi connectivity index (χ0) is 25.4. The van der Waals surface area contributed by atoms with Gasteiger partial charge in [-0.2, -0.15) is 0 Å². The Labute approximate surface area is 203 Å². The average Bonchev–Trinajstić information content (AvgIpc) is 3.22. The van der Waals surface area contributed by atoms with Crippen molar-refractivity contribution < 1.29 is 9.59 Å². The molecule has 0 saturated heterocycles. The fraction of sp³-hybridized carbons (Fsp3) is 0.192. The zero-order valence-corrected chi connectivity index (χ0v) is 20.0. The number of carbonyl (C=O) groups excluding carboxylic acids is 2. The second-order valence-electron chi connectivity index (χ2n) is 7.58. The van der Waals surface area contributed by atoms with Gasteiger partial charge in [-0.25, -0.2) is 15.0 Å². The van der Waals surface area contributed by atoms with Crippen molar-refractivity contribution >= 4 is 23.7 Å². The van der Waals surface area contributed by atoms with Crippen molar-refractivity contribution in [3.8, 4) is 23.1 Å². The number of fused-ring (bicyclic) bond motifs is 1. The molecule has 1 amide bonds. The predicted molar refractivity (Wildman–Crippen MR) is 136 cm³/mol. The van der Waals surface area contributed by atoms with E-state index in [1.54, 1.807) is 45.4 Å². The molecular weight excluding hydrogens is 442 g/mol. The number of rotatable bonds is 4. The molecule has 1 atom stereocenters. The number of aldehydes is 1. The van der Waals surface area contributed by atoms with Crippen molar-refractivity contribution in [1.82, 2.24) is 30.0 Å². The third-order valence-electron chi connectivity index (χ3n) is 5.08. The molecule has 0 spiro atoms. The molecule has 0 radical (unpaired) electrons. The van der Waals surface area contributed by atoms with Crippen molar-refractivity contribution in [3.63, 3.8) is 0 Å². The van der Waals surface area contributed by atoms with Gasteiger partial charge in [0.25, 0.3) is 5.91 Å². The van der Waals surface area contributed by atoms with E-state index in [1.807, 2.05) is 41.8 Å². The smallest absolute Gasteiger partial charge is 0.269 e. The Kier molecular flexibility index (Phi) is 8.27. The number of nitrogens with one attached hydrogen (secondary N) is 2. The molecule has 35 heavy (non-hydrogen) atoms. The van der Waals surface area contributed by atoms with E-state index >= 15 is 0 Å². The Bertz CT molecular complexity index is 1400. The lowest BCUT2D eigenvalue weighted by Gasteiger charge is -2.06. The third-order valence-corrected chi connectivity index (χ3v) is 5.08. The second kappa shape index (κ2) is 11.5. The number of amides is 1. The van der Waals surface area contributed by atoms with Crippen LogP contribution in [0.15, 0.2) is 54.9 Å². The van der Waals surface area contributed by atoms with Gasteiger partial charge in [0, 0.05) is 30.6 Å². The highest BCUT2D eigenvalue weighted by atomic mass is 16.1. The summed E-state index contributed by atoms with van der Waals surface area (Å²) < 4.78 is 2.01. The molecule has 178 valence electrons. The lowest BCUT2D eigenvalue weighted by molar-refractivity contribution is -0.109. The van der Waals surface area contributed by atoms with Gasteiger partial charge in [-0.15, -0.1) is 0 Å². The Morgan fingerprint density at radius 1 is 1.11 bits per heavy atom. The highest BCUT2D eigenvalue weighted by molar-refractivity contribution is 5.92. The maximum Gasteiger partial charge on any atom is 0.269 e. The molecule has 0 aliphatic carbocycles. The van der Waals surface area contributed by atoms with E-state index in [4.69, 9.17) is 5.73 Å². The van der Waals surface area contributed by atoms with Crippen LogP contribution in [0.25, 0.3) is 16.9 Å². The van der Waals surface area contributed by atoms with Crippen LogP contribution in [0.5, 0.6) is 0 Å². The SMILES string of the molecule is CNC(=O)c1ccc(C#Cc2nc(N)ccc2-c2c(C)nc3ccccn23)cn1.CNC(C)C=O. The van der Waals surface area contributed by atoms with Crippen molar-refractivity contribution in [3.05, 3.63) is 77.5 Å². The third kappa shape index (κ3) is 6.07. The first-order valence-corrected chi connectivity index (χ1v) is 10.9. The number of nitrogen functional groups attached to an aromatic ring is 1. The minimum absolute atomic E-state index is 0.00463.